The molecule has 0 fully saturated rings. The van der Waals surface area contributed by atoms with Gasteiger partial charge in [-0.25, -0.2) is 0 Å². The van der Waals surface area contributed by atoms with E-state index in [9.17, 15) is 9.59 Å². The molecule has 2 amide bonds. The lowest BCUT2D eigenvalue weighted by Crippen LogP contribution is -2.41. The molecule has 0 bridgehead atoms. The number of benzene rings is 3. The van der Waals surface area contributed by atoms with Gasteiger partial charge in [0.2, 0.25) is 5.91 Å². The van der Waals surface area contributed by atoms with Gasteiger partial charge in [0.05, 0.1) is 11.1 Å². The van der Waals surface area contributed by atoms with Crippen LogP contribution in [0.25, 0.3) is 0 Å². The number of hydrogen-bond acceptors (Lipinski definition) is 3. The molecule has 0 saturated heterocycles. The quantitative estimate of drug-likeness (QED) is 0.481. The van der Waals surface area contributed by atoms with Gasteiger partial charge in [-0.3, -0.25) is 20.4 Å². The topological polar surface area (TPSA) is 67.4 Å². The van der Waals surface area contributed by atoms with Crippen molar-refractivity contribution in [2.45, 2.75) is 19.3 Å². The van der Waals surface area contributed by atoms with Gasteiger partial charge in [-0.2, -0.15) is 0 Å². The van der Waals surface area contributed by atoms with Crippen LogP contribution >= 0.6 is 15.9 Å². The second-order valence-electron chi connectivity index (χ2n) is 6.72. The first-order valence-electron chi connectivity index (χ1n) is 9.71. The van der Waals surface area contributed by atoms with Crippen molar-refractivity contribution >= 4 is 27.7 Å². The van der Waals surface area contributed by atoms with Crippen LogP contribution in [-0.4, -0.2) is 18.4 Å². The fourth-order valence-corrected chi connectivity index (χ4v) is 3.34. The zero-order chi connectivity index (χ0) is 21.2. The van der Waals surface area contributed by atoms with E-state index >= 15 is 0 Å². The van der Waals surface area contributed by atoms with E-state index in [4.69, 9.17) is 4.74 Å². The van der Waals surface area contributed by atoms with Crippen LogP contribution in [0.3, 0.4) is 0 Å². The second kappa shape index (κ2) is 11.2. The summed E-state index contributed by atoms with van der Waals surface area (Å²) >= 11 is 3.44. The molecular weight excluding hydrogens is 444 g/mol. The Balaban J connectivity index is 1.44. The van der Waals surface area contributed by atoms with Gasteiger partial charge in [0.25, 0.3) is 5.91 Å². The van der Waals surface area contributed by atoms with Crippen molar-refractivity contribution in [3.8, 4) is 5.75 Å². The Morgan fingerprint density at radius 1 is 0.800 bits per heavy atom. The zero-order valence-electron chi connectivity index (χ0n) is 16.4. The molecular formula is C24H23BrN2O3. The Labute approximate surface area is 184 Å². The van der Waals surface area contributed by atoms with Gasteiger partial charge < -0.3 is 4.74 Å². The van der Waals surface area contributed by atoms with Crippen LogP contribution in [0.1, 0.15) is 27.9 Å². The summed E-state index contributed by atoms with van der Waals surface area (Å²) in [7, 11) is 0. The Hall–Kier alpha value is -3.12. The molecule has 30 heavy (non-hydrogen) atoms. The molecule has 2 N–H and O–H groups in total. The summed E-state index contributed by atoms with van der Waals surface area (Å²) in [5, 5.41) is 0. The molecule has 0 aliphatic heterocycles. The summed E-state index contributed by atoms with van der Waals surface area (Å²) < 4.78 is 6.48. The van der Waals surface area contributed by atoms with E-state index in [0.29, 0.717) is 35.2 Å². The minimum absolute atomic E-state index is 0.243. The van der Waals surface area contributed by atoms with Gasteiger partial charge >= 0.3 is 0 Å². The third-order valence-electron chi connectivity index (χ3n) is 4.48. The molecule has 6 heteroatoms. The SMILES string of the molecule is O=C(CCc1ccccc1)NNC(=O)c1ccc(OCCc2ccccc2)c(Br)c1. The molecule has 3 rings (SSSR count). The molecule has 0 aromatic heterocycles. The lowest BCUT2D eigenvalue weighted by molar-refractivity contribution is -0.121. The first-order chi connectivity index (χ1) is 14.6. The normalized spacial score (nSPS) is 10.3. The van der Waals surface area contributed by atoms with Crippen molar-refractivity contribution in [3.05, 3.63) is 100 Å². The Bertz CT molecular complexity index is 978. The predicted molar refractivity (Wildman–Crippen MR) is 120 cm³/mol. The van der Waals surface area contributed by atoms with Crippen molar-refractivity contribution in [3.63, 3.8) is 0 Å². The molecule has 3 aromatic rings. The summed E-state index contributed by atoms with van der Waals surface area (Å²) in [6, 6.07) is 24.9. The highest BCUT2D eigenvalue weighted by molar-refractivity contribution is 9.10. The van der Waals surface area contributed by atoms with E-state index in [1.807, 2.05) is 48.5 Å². The van der Waals surface area contributed by atoms with Gasteiger partial charge in [-0.1, -0.05) is 60.7 Å². The largest absolute Gasteiger partial charge is 0.492 e. The standard InChI is InChI=1S/C24H23BrN2O3/c25-21-17-20(12-13-22(21)30-16-15-19-9-5-2-6-10-19)24(29)27-26-23(28)14-11-18-7-3-1-4-8-18/h1-10,12-13,17H,11,14-16H2,(H,26,28)(H,27,29). The van der Waals surface area contributed by atoms with Gasteiger partial charge in [-0.05, 0) is 51.7 Å². The average molecular weight is 467 g/mol. The summed E-state index contributed by atoms with van der Waals surface area (Å²) in [6.45, 7) is 0.533. The van der Waals surface area contributed by atoms with Crippen LogP contribution in [0.5, 0.6) is 5.75 Å². The molecule has 3 aromatic carbocycles. The lowest BCUT2D eigenvalue weighted by atomic mass is 10.1. The van der Waals surface area contributed by atoms with E-state index in [-0.39, 0.29) is 11.8 Å². The molecule has 0 aliphatic rings. The van der Waals surface area contributed by atoms with Crippen LogP contribution in [0.2, 0.25) is 0 Å². The molecule has 0 spiro atoms. The smallest absolute Gasteiger partial charge is 0.269 e. The van der Waals surface area contributed by atoms with E-state index in [1.165, 1.54) is 5.56 Å². The number of hydrazine groups is 1. The highest BCUT2D eigenvalue weighted by atomic mass is 79.9. The summed E-state index contributed by atoms with van der Waals surface area (Å²) in [5.74, 6) is 0.0288. The molecule has 0 heterocycles. The third-order valence-corrected chi connectivity index (χ3v) is 5.10. The van der Waals surface area contributed by atoms with Gasteiger partial charge in [0.15, 0.2) is 0 Å². The van der Waals surface area contributed by atoms with Crippen molar-refractivity contribution in [1.82, 2.24) is 10.9 Å². The van der Waals surface area contributed by atoms with Crippen LogP contribution in [-0.2, 0) is 17.6 Å². The predicted octanol–water partition coefficient (Wildman–Crippen LogP) is 4.46. The van der Waals surface area contributed by atoms with Gasteiger partial charge in [0.1, 0.15) is 5.75 Å². The maximum absolute atomic E-state index is 12.3. The van der Waals surface area contributed by atoms with Crippen LogP contribution < -0.4 is 15.6 Å². The molecule has 0 aliphatic carbocycles. The maximum Gasteiger partial charge on any atom is 0.269 e. The summed E-state index contributed by atoms with van der Waals surface area (Å²) in [5.41, 5.74) is 7.59. The maximum atomic E-state index is 12.3. The molecule has 0 saturated carbocycles. The lowest BCUT2D eigenvalue weighted by Gasteiger charge is -2.11. The summed E-state index contributed by atoms with van der Waals surface area (Å²) in [6.07, 6.45) is 1.70. The molecule has 0 radical (unpaired) electrons. The minimum Gasteiger partial charge on any atom is -0.492 e. The molecule has 0 atom stereocenters. The molecule has 154 valence electrons. The van der Waals surface area contributed by atoms with Crippen molar-refractivity contribution in [1.29, 1.82) is 0 Å². The third kappa shape index (κ3) is 6.74. The number of carbonyl (C=O) groups is 2. The van der Waals surface area contributed by atoms with E-state index < -0.39 is 0 Å². The van der Waals surface area contributed by atoms with E-state index in [0.717, 1.165) is 12.0 Å². The minimum atomic E-state index is -0.389. The van der Waals surface area contributed by atoms with Crippen LogP contribution in [0, 0.1) is 0 Å². The highest BCUT2D eigenvalue weighted by Crippen LogP contribution is 2.26. The van der Waals surface area contributed by atoms with Crippen molar-refractivity contribution in [2.75, 3.05) is 6.61 Å². The molecule has 5 nitrogen and oxygen atoms in total. The Morgan fingerprint density at radius 3 is 2.07 bits per heavy atom. The fourth-order valence-electron chi connectivity index (χ4n) is 2.85. The molecule has 0 unspecified atom stereocenters. The number of carbonyl (C=O) groups excluding carboxylic acids is 2. The van der Waals surface area contributed by atoms with Gasteiger partial charge in [-0.15, -0.1) is 0 Å². The summed E-state index contributed by atoms with van der Waals surface area (Å²) in [4.78, 5) is 24.3. The Kier molecular flexibility index (Phi) is 8.03. The number of aryl methyl sites for hydroxylation is 1. The zero-order valence-corrected chi connectivity index (χ0v) is 18.0. The Morgan fingerprint density at radius 2 is 1.43 bits per heavy atom. The van der Waals surface area contributed by atoms with Crippen molar-refractivity contribution < 1.29 is 14.3 Å². The number of nitrogens with one attached hydrogen (secondary N) is 2. The van der Waals surface area contributed by atoms with E-state index in [2.05, 4.69) is 38.9 Å². The number of halogens is 1. The van der Waals surface area contributed by atoms with Crippen molar-refractivity contribution in [2.24, 2.45) is 0 Å². The van der Waals surface area contributed by atoms with Crippen LogP contribution in [0.4, 0.5) is 0 Å². The monoisotopic (exact) mass is 466 g/mol. The van der Waals surface area contributed by atoms with Crippen LogP contribution in [0.15, 0.2) is 83.3 Å². The first kappa shape index (κ1) is 21.6. The average Bonchev–Trinajstić information content (AvgIpc) is 2.78. The fraction of sp³-hybridized carbons (Fsp3) is 0.167. The number of hydrogen-bond donors (Lipinski definition) is 2. The number of rotatable bonds is 8. The second-order valence-corrected chi connectivity index (χ2v) is 7.57. The van der Waals surface area contributed by atoms with E-state index in [1.54, 1.807) is 18.2 Å². The van der Waals surface area contributed by atoms with Gasteiger partial charge in [0, 0.05) is 18.4 Å². The number of amides is 2. The highest BCUT2D eigenvalue weighted by Gasteiger charge is 2.11. The number of ether oxygens (including phenoxy) is 1. The first-order valence-corrected chi connectivity index (χ1v) is 10.5.